The van der Waals surface area contributed by atoms with Gasteiger partial charge in [0.15, 0.2) is 5.82 Å². The van der Waals surface area contributed by atoms with Gasteiger partial charge in [0.1, 0.15) is 0 Å². The lowest BCUT2D eigenvalue weighted by molar-refractivity contribution is 0.438. The predicted octanol–water partition coefficient (Wildman–Crippen LogP) is 1.79. The average molecular weight is 300 g/mol. The summed E-state index contributed by atoms with van der Waals surface area (Å²) in [6.07, 6.45) is 4.25. The van der Waals surface area contributed by atoms with Gasteiger partial charge in [-0.05, 0) is 66.4 Å². The van der Waals surface area contributed by atoms with Crippen LogP contribution < -0.4 is 10.6 Å². The van der Waals surface area contributed by atoms with Gasteiger partial charge >= 0.3 is 0 Å². The molecule has 1 aliphatic rings. The zero-order valence-electron chi connectivity index (χ0n) is 13.1. The monoisotopic (exact) mass is 300 g/mol. The summed E-state index contributed by atoms with van der Waals surface area (Å²) < 4.78 is 1.80. The maximum Gasteiger partial charge on any atom is 0.156 e. The Bertz CT molecular complexity index is 583. The van der Waals surface area contributed by atoms with Crippen LogP contribution in [-0.2, 0) is 6.42 Å². The highest BCUT2D eigenvalue weighted by Crippen LogP contribution is 2.24. The molecule has 1 saturated heterocycles. The van der Waals surface area contributed by atoms with Gasteiger partial charge in [0.05, 0.1) is 5.69 Å². The second kappa shape index (κ2) is 6.87. The molecule has 22 heavy (non-hydrogen) atoms. The molecule has 1 aromatic carbocycles. The highest BCUT2D eigenvalue weighted by Gasteiger charge is 2.16. The Balaban J connectivity index is 1.73. The summed E-state index contributed by atoms with van der Waals surface area (Å²) in [5.41, 5.74) is 7.85. The maximum atomic E-state index is 5.56. The fraction of sp³-hybridized carbons (Fsp3) is 0.562. The van der Waals surface area contributed by atoms with Crippen LogP contribution >= 0.6 is 0 Å². The van der Waals surface area contributed by atoms with Gasteiger partial charge in [0, 0.05) is 25.2 Å². The third-order valence-electron chi connectivity index (χ3n) is 4.38. The molecule has 0 atom stereocenters. The lowest BCUT2D eigenvalue weighted by Crippen LogP contribution is -2.32. The molecule has 0 spiro atoms. The second-order valence-corrected chi connectivity index (χ2v) is 6.09. The SMILES string of the molecule is CC1CCN(c2ccc(-n3nnnc3CCCN)cc2)CC1. The molecular formula is C16H24N6. The second-order valence-electron chi connectivity index (χ2n) is 6.09. The van der Waals surface area contributed by atoms with Crippen molar-refractivity contribution >= 4 is 5.69 Å². The van der Waals surface area contributed by atoms with E-state index in [4.69, 9.17) is 5.73 Å². The van der Waals surface area contributed by atoms with Crippen LogP contribution in [0.1, 0.15) is 32.0 Å². The predicted molar refractivity (Wildman–Crippen MR) is 87.1 cm³/mol. The van der Waals surface area contributed by atoms with Crippen molar-refractivity contribution in [2.75, 3.05) is 24.5 Å². The smallest absolute Gasteiger partial charge is 0.156 e. The van der Waals surface area contributed by atoms with E-state index in [1.165, 1.54) is 18.5 Å². The summed E-state index contributed by atoms with van der Waals surface area (Å²) in [5.74, 6) is 1.71. The molecule has 6 heteroatoms. The summed E-state index contributed by atoms with van der Waals surface area (Å²) in [6.45, 7) is 5.28. The standard InChI is InChI=1S/C16H24N6/c1-13-8-11-21(12-9-13)14-4-6-15(7-5-14)22-16(3-2-10-17)18-19-20-22/h4-7,13H,2-3,8-12,17H2,1H3. The van der Waals surface area contributed by atoms with Gasteiger partial charge in [-0.1, -0.05) is 6.92 Å². The molecule has 0 saturated carbocycles. The molecule has 0 radical (unpaired) electrons. The van der Waals surface area contributed by atoms with Crippen LogP contribution in [0.15, 0.2) is 24.3 Å². The zero-order valence-corrected chi connectivity index (χ0v) is 13.1. The summed E-state index contributed by atoms with van der Waals surface area (Å²) in [4.78, 5) is 2.46. The van der Waals surface area contributed by atoms with Crippen LogP contribution in [0.4, 0.5) is 5.69 Å². The Hall–Kier alpha value is -1.95. The zero-order chi connectivity index (χ0) is 15.4. The lowest BCUT2D eigenvalue weighted by Gasteiger charge is -2.32. The van der Waals surface area contributed by atoms with Gasteiger partial charge in [-0.15, -0.1) is 5.10 Å². The molecule has 0 amide bonds. The van der Waals surface area contributed by atoms with Gasteiger partial charge in [0.2, 0.25) is 0 Å². The normalized spacial score (nSPS) is 16.2. The number of tetrazole rings is 1. The fourth-order valence-electron chi connectivity index (χ4n) is 2.89. The minimum Gasteiger partial charge on any atom is -0.372 e. The molecule has 2 N–H and O–H groups in total. The van der Waals surface area contributed by atoms with Gasteiger partial charge in [-0.25, -0.2) is 0 Å². The lowest BCUT2D eigenvalue weighted by atomic mass is 9.99. The summed E-state index contributed by atoms with van der Waals surface area (Å²) in [5, 5.41) is 12.0. The van der Waals surface area contributed by atoms with Crippen molar-refractivity contribution in [1.82, 2.24) is 20.2 Å². The van der Waals surface area contributed by atoms with Crippen LogP contribution in [0.2, 0.25) is 0 Å². The average Bonchev–Trinajstić information content (AvgIpc) is 3.02. The molecule has 2 aromatic rings. The van der Waals surface area contributed by atoms with E-state index in [2.05, 4.69) is 51.6 Å². The van der Waals surface area contributed by atoms with Gasteiger partial charge in [-0.2, -0.15) is 4.68 Å². The molecule has 0 unspecified atom stereocenters. The maximum absolute atomic E-state index is 5.56. The first-order valence-electron chi connectivity index (χ1n) is 8.10. The molecule has 1 aliphatic heterocycles. The van der Waals surface area contributed by atoms with Gasteiger partial charge in [-0.3, -0.25) is 0 Å². The number of benzene rings is 1. The van der Waals surface area contributed by atoms with Crippen molar-refractivity contribution in [3.63, 3.8) is 0 Å². The first-order chi connectivity index (χ1) is 10.8. The summed E-state index contributed by atoms with van der Waals surface area (Å²) >= 11 is 0. The molecule has 3 rings (SSSR count). The first kappa shape index (κ1) is 15.0. The van der Waals surface area contributed by atoms with E-state index in [-0.39, 0.29) is 0 Å². The van der Waals surface area contributed by atoms with Crippen molar-refractivity contribution in [3.8, 4) is 5.69 Å². The number of piperidine rings is 1. The van der Waals surface area contributed by atoms with Gasteiger partial charge < -0.3 is 10.6 Å². The molecule has 0 bridgehead atoms. The molecule has 118 valence electrons. The van der Waals surface area contributed by atoms with Crippen LogP contribution in [-0.4, -0.2) is 39.8 Å². The number of nitrogens with two attached hydrogens (primary N) is 1. The molecule has 1 fully saturated rings. The summed E-state index contributed by atoms with van der Waals surface area (Å²) in [6, 6.07) is 8.52. The number of anilines is 1. The topological polar surface area (TPSA) is 72.9 Å². The van der Waals surface area contributed by atoms with Crippen molar-refractivity contribution < 1.29 is 0 Å². The van der Waals surface area contributed by atoms with Crippen LogP contribution in [0.3, 0.4) is 0 Å². The molecule has 1 aromatic heterocycles. The van der Waals surface area contributed by atoms with Crippen molar-refractivity contribution in [2.24, 2.45) is 11.7 Å². The number of rotatable bonds is 5. The number of nitrogens with zero attached hydrogens (tertiary/aromatic N) is 5. The molecule has 0 aliphatic carbocycles. The number of hydrogen-bond acceptors (Lipinski definition) is 5. The first-order valence-corrected chi connectivity index (χ1v) is 8.10. The highest BCUT2D eigenvalue weighted by atomic mass is 15.5. The Morgan fingerprint density at radius 2 is 1.82 bits per heavy atom. The van der Waals surface area contributed by atoms with Crippen molar-refractivity contribution in [2.45, 2.75) is 32.6 Å². The molecule has 6 nitrogen and oxygen atoms in total. The molecular weight excluding hydrogens is 276 g/mol. The van der Waals surface area contributed by atoms with E-state index in [9.17, 15) is 0 Å². The third-order valence-corrected chi connectivity index (χ3v) is 4.38. The van der Waals surface area contributed by atoms with E-state index in [0.29, 0.717) is 6.54 Å². The quantitative estimate of drug-likeness (QED) is 0.911. The van der Waals surface area contributed by atoms with Crippen LogP contribution in [0.25, 0.3) is 5.69 Å². The minimum absolute atomic E-state index is 0.652. The Morgan fingerprint density at radius 1 is 1.14 bits per heavy atom. The number of aromatic nitrogens is 4. The van der Waals surface area contributed by atoms with Crippen molar-refractivity contribution in [1.29, 1.82) is 0 Å². The van der Waals surface area contributed by atoms with Crippen molar-refractivity contribution in [3.05, 3.63) is 30.1 Å². The van der Waals surface area contributed by atoms with Gasteiger partial charge in [0.25, 0.3) is 0 Å². The Labute approximate surface area is 131 Å². The third kappa shape index (κ3) is 3.27. The fourth-order valence-corrected chi connectivity index (χ4v) is 2.89. The Morgan fingerprint density at radius 3 is 2.50 bits per heavy atom. The molecule has 2 heterocycles. The number of hydrogen-bond donors (Lipinski definition) is 1. The van der Waals surface area contributed by atoms with E-state index >= 15 is 0 Å². The highest BCUT2D eigenvalue weighted by molar-refractivity contribution is 5.51. The van der Waals surface area contributed by atoms with E-state index in [1.807, 2.05) is 0 Å². The minimum atomic E-state index is 0.652. The van der Waals surface area contributed by atoms with E-state index < -0.39 is 0 Å². The van der Waals surface area contributed by atoms with E-state index in [0.717, 1.165) is 43.4 Å². The van der Waals surface area contributed by atoms with Crippen LogP contribution in [0.5, 0.6) is 0 Å². The number of aryl methyl sites for hydroxylation is 1. The van der Waals surface area contributed by atoms with Crippen LogP contribution in [0, 0.1) is 5.92 Å². The van der Waals surface area contributed by atoms with E-state index in [1.54, 1.807) is 4.68 Å². The Kier molecular flexibility index (Phi) is 4.68. The largest absolute Gasteiger partial charge is 0.372 e. The summed E-state index contributed by atoms with van der Waals surface area (Å²) in [7, 11) is 0.